The number of carbonyl (C=O) groups excluding carboxylic acids is 3. The van der Waals surface area contributed by atoms with E-state index in [0.717, 1.165) is 17.7 Å². The average molecular weight is 509 g/mol. The van der Waals surface area contributed by atoms with Crippen LogP contribution in [0.2, 0.25) is 0 Å². The van der Waals surface area contributed by atoms with Gasteiger partial charge in [-0.15, -0.1) is 12.4 Å². The molecule has 2 fully saturated rings. The first-order chi connectivity index (χ1) is 15.2. The number of sulfonamides is 1. The van der Waals surface area contributed by atoms with Crippen molar-refractivity contribution in [1.29, 1.82) is 0 Å². The van der Waals surface area contributed by atoms with Crippen LogP contribution < -0.4 is 21.5 Å². The minimum atomic E-state index is -3.72. The summed E-state index contributed by atoms with van der Waals surface area (Å²) in [6, 6.07) is -1.61. The fourth-order valence-electron chi connectivity index (χ4n) is 4.36. The van der Waals surface area contributed by atoms with Crippen molar-refractivity contribution in [3.8, 4) is 0 Å². The number of rotatable bonds is 11. The Morgan fingerprint density at radius 2 is 1.91 bits per heavy atom. The van der Waals surface area contributed by atoms with Crippen LogP contribution in [0.25, 0.3) is 0 Å². The molecule has 2 atom stereocenters. The lowest BCUT2D eigenvalue weighted by Gasteiger charge is -2.41. The highest BCUT2D eigenvalue weighted by Gasteiger charge is 2.49. The third-order valence-electron chi connectivity index (χ3n) is 6.10. The van der Waals surface area contributed by atoms with Crippen molar-refractivity contribution in [1.82, 2.24) is 14.9 Å². The highest BCUT2D eigenvalue weighted by molar-refractivity contribution is 7.89. The number of imide groups is 1. The molecule has 33 heavy (non-hydrogen) atoms. The van der Waals surface area contributed by atoms with Gasteiger partial charge in [0.1, 0.15) is 11.8 Å². The quantitative estimate of drug-likeness (QED) is 0.0972. The van der Waals surface area contributed by atoms with Crippen molar-refractivity contribution in [3.05, 3.63) is 0 Å². The van der Waals surface area contributed by atoms with Crippen LogP contribution in [0.4, 0.5) is 0 Å². The van der Waals surface area contributed by atoms with E-state index < -0.39 is 39.5 Å². The molecule has 1 heterocycles. The summed E-state index contributed by atoms with van der Waals surface area (Å²) in [6.07, 6.45) is 5.21. The van der Waals surface area contributed by atoms with Gasteiger partial charge in [0.2, 0.25) is 15.9 Å². The van der Waals surface area contributed by atoms with E-state index in [2.05, 4.69) is 15.0 Å². The molecule has 0 aromatic heterocycles. The highest BCUT2D eigenvalue weighted by Crippen LogP contribution is 2.32. The van der Waals surface area contributed by atoms with Gasteiger partial charge in [-0.1, -0.05) is 19.3 Å². The van der Waals surface area contributed by atoms with Crippen molar-refractivity contribution in [2.45, 2.75) is 82.3 Å². The number of aldehydes is 1. The van der Waals surface area contributed by atoms with Crippen LogP contribution >= 0.6 is 12.4 Å². The monoisotopic (exact) mass is 508 g/mol. The molecule has 1 saturated heterocycles. The molecular weight excluding hydrogens is 472 g/mol. The lowest BCUT2D eigenvalue weighted by atomic mass is 9.81. The summed E-state index contributed by atoms with van der Waals surface area (Å²) in [5.74, 6) is -1.41. The van der Waals surface area contributed by atoms with E-state index in [1.54, 1.807) is 0 Å². The van der Waals surface area contributed by atoms with Gasteiger partial charge in [0.25, 0.3) is 5.91 Å². The molecule has 11 nitrogen and oxygen atoms in total. The number of nitrogens with two attached hydrogens (primary N) is 2. The maximum absolute atomic E-state index is 13.9. The van der Waals surface area contributed by atoms with Gasteiger partial charge in [-0.3, -0.25) is 19.5 Å². The predicted octanol–water partition coefficient (Wildman–Crippen LogP) is -0.221. The predicted molar refractivity (Wildman–Crippen MR) is 128 cm³/mol. The average Bonchev–Trinajstić information content (AvgIpc) is 3.30. The molecule has 2 rings (SSSR count). The molecule has 0 unspecified atom stereocenters. The number of halogens is 1. The summed E-state index contributed by atoms with van der Waals surface area (Å²) in [5.41, 5.74) is 9.24. The number of nitrogens with zero attached hydrogens (tertiary/aromatic N) is 2. The molecule has 6 N–H and O–H groups in total. The topological polar surface area (TPSA) is 177 Å². The second-order valence-electron chi connectivity index (χ2n) is 8.46. The van der Waals surface area contributed by atoms with Gasteiger partial charge in [-0.05, 0) is 52.0 Å². The molecule has 0 bridgehead atoms. The molecule has 0 aromatic carbocycles. The van der Waals surface area contributed by atoms with Gasteiger partial charge in [0.15, 0.2) is 5.96 Å². The minimum absolute atomic E-state index is 0. The van der Waals surface area contributed by atoms with E-state index in [9.17, 15) is 22.8 Å². The molecule has 1 saturated carbocycles. The molecule has 0 aromatic rings. The van der Waals surface area contributed by atoms with E-state index in [4.69, 9.17) is 11.5 Å². The van der Waals surface area contributed by atoms with Crippen molar-refractivity contribution in [3.63, 3.8) is 0 Å². The molecular formula is C20H37ClN6O5S. The smallest absolute Gasteiger partial charge is 0.251 e. The Morgan fingerprint density at radius 1 is 1.24 bits per heavy atom. The summed E-state index contributed by atoms with van der Waals surface area (Å²) in [5, 5.41) is 3.07. The van der Waals surface area contributed by atoms with Gasteiger partial charge in [0, 0.05) is 6.54 Å². The van der Waals surface area contributed by atoms with Crippen LogP contribution in [-0.2, 0) is 24.4 Å². The lowest BCUT2D eigenvalue weighted by molar-refractivity contribution is -0.155. The zero-order chi connectivity index (χ0) is 23.8. The Morgan fingerprint density at radius 3 is 2.42 bits per heavy atom. The number of guanidine groups is 1. The van der Waals surface area contributed by atoms with Crippen molar-refractivity contribution in [2.24, 2.45) is 16.5 Å². The van der Waals surface area contributed by atoms with Crippen LogP contribution in [0.3, 0.4) is 0 Å². The highest BCUT2D eigenvalue weighted by atomic mass is 35.5. The second kappa shape index (κ2) is 13.2. The maximum Gasteiger partial charge on any atom is 0.251 e. The standard InChI is InChI=1S/C20H36N6O5S.ClH/c1-2-32(30,31)25-20(10-4-3-5-11-20)18(29)26(17(28)16-9-7-12-23-16)15(14-27)8-6-13-24-19(21)22;/h14-16,23,25H,2-13H2,1H3,(H4,21,22,24);1H/t15-,16-;/m0./s1. The molecule has 190 valence electrons. The fraction of sp³-hybridized carbons (Fsp3) is 0.800. The Kier molecular flexibility index (Phi) is 11.7. The Bertz CT molecular complexity index is 806. The van der Waals surface area contributed by atoms with Gasteiger partial charge >= 0.3 is 0 Å². The summed E-state index contributed by atoms with van der Waals surface area (Å²) < 4.78 is 27.5. The lowest BCUT2D eigenvalue weighted by Crippen LogP contribution is -2.65. The first-order valence-electron chi connectivity index (χ1n) is 11.3. The van der Waals surface area contributed by atoms with Crippen LogP contribution in [0.15, 0.2) is 4.99 Å². The van der Waals surface area contributed by atoms with Gasteiger partial charge in [-0.25, -0.2) is 8.42 Å². The van der Waals surface area contributed by atoms with E-state index in [-0.39, 0.29) is 49.9 Å². The van der Waals surface area contributed by atoms with E-state index in [0.29, 0.717) is 38.5 Å². The number of hydrogen-bond acceptors (Lipinski definition) is 7. The van der Waals surface area contributed by atoms with Crippen LogP contribution in [0, 0.1) is 0 Å². The zero-order valence-corrected chi connectivity index (χ0v) is 20.8. The summed E-state index contributed by atoms with van der Waals surface area (Å²) in [7, 11) is -3.72. The van der Waals surface area contributed by atoms with Gasteiger partial charge in [0.05, 0.1) is 17.8 Å². The maximum atomic E-state index is 13.9. The normalized spacial score (nSPS) is 20.8. The van der Waals surface area contributed by atoms with Gasteiger partial charge in [-0.2, -0.15) is 4.72 Å². The van der Waals surface area contributed by atoms with Crippen molar-refractivity contribution < 1.29 is 22.8 Å². The number of aliphatic imine (C=N–C) groups is 1. The van der Waals surface area contributed by atoms with Crippen molar-refractivity contribution in [2.75, 3.05) is 18.8 Å². The Balaban J connectivity index is 0.00000544. The molecule has 1 aliphatic heterocycles. The van der Waals surface area contributed by atoms with E-state index in [1.165, 1.54) is 6.92 Å². The zero-order valence-electron chi connectivity index (χ0n) is 19.1. The van der Waals surface area contributed by atoms with Crippen LogP contribution in [-0.4, -0.2) is 73.8 Å². The molecule has 2 amide bonds. The van der Waals surface area contributed by atoms with Crippen LogP contribution in [0.1, 0.15) is 64.7 Å². The molecule has 2 aliphatic rings. The minimum Gasteiger partial charge on any atom is -0.370 e. The Labute approximate surface area is 201 Å². The number of nitrogens with one attached hydrogen (secondary N) is 2. The largest absolute Gasteiger partial charge is 0.370 e. The third kappa shape index (κ3) is 7.90. The summed E-state index contributed by atoms with van der Waals surface area (Å²) >= 11 is 0. The first kappa shape index (κ1) is 29.3. The number of amides is 2. The first-order valence-corrected chi connectivity index (χ1v) is 12.9. The van der Waals surface area contributed by atoms with Crippen LogP contribution in [0.5, 0.6) is 0 Å². The molecule has 13 heteroatoms. The van der Waals surface area contributed by atoms with Gasteiger partial charge < -0.3 is 21.6 Å². The second-order valence-corrected chi connectivity index (χ2v) is 10.5. The van der Waals surface area contributed by atoms with E-state index in [1.807, 2.05) is 0 Å². The van der Waals surface area contributed by atoms with Crippen molar-refractivity contribution >= 4 is 46.5 Å². The summed E-state index contributed by atoms with van der Waals surface area (Å²) in [6.45, 7) is 2.38. The Hall–Kier alpha value is -1.76. The summed E-state index contributed by atoms with van der Waals surface area (Å²) in [4.78, 5) is 44.2. The number of hydrogen-bond donors (Lipinski definition) is 4. The SMILES string of the molecule is CCS(=O)(=O)NC1(C(=O)N(C(=O)[C@@H]2CCCN2)[C@H](C=O)CCCN=C(N)N)CCCCC1.Cl. The fourth-order valence-corrected chi connectivity index (χ4v) is 5.39. The molecule has 1 aliphatic carbocycles. The molecule has 0 spiro atoms. The molecule has 0 radical (unpaired) electrons. The van der Waals surface area contributed by atoms with E-state index >= 15 is 0 Å². The third-order valence-corrected chi connectivity index (χ3v) is 7.56. The number of carbonyl (C=O) groups is 3.